The van der Waals surface area contributed by atoms with Gasteiger partial charge in [0.2, 0.25) is 0 Å². The lowest BCUT2D eigenvalue weighted by atomic mass is 9.99. The van der Waals surface area contributed by atoms with Crippen molar-refractivity contribution in [3.63, 3.8) is 0 Å². The fourth-order valence-electron chi connectivity index (χ4n) is 2.45. The normalized spacial score (nSPS) is 48.0. The quantitative estimate of drug-likeness (QED) is 0.533. The van der Waals surface area contributed by atoms with Crippen molar-refractivity contribution in [2.75, 3.05) is 7.05 Å². The Hall–Kier alpha value is -0.0800. The van der Waals surface area contributed by atoms with Crippen LogP contribution in [0.4, 0.5) is 0 Å². The third-order valence-electron chi connectivity index (χ3n) is 3.13. The maximum Gasteiger partial charge on any atom is 0.0110 e. The van der Waals surface area contributed by atoms with Gasteiger partial charge in [0.1, 0.15) is 0 Å². The third kappa shape index (κ3) is 0.867. The van der Waals surface area contributed by atoms with Gasteiger partial charge in [-0.1, -0.05) is 0 Å². The standard InChI is InChI=1S/C8H16N2/c1-10-7-2-3-8(10)5-6(9)4-7/h6-8H,2-5,9H2,1H3/t6-,7+,8?/m1/s1. The Morgan fingerprint density at radius 2 is 1.70 bits per heavy atom. The molecule has 0 spiro atoms. The van der Waals surface area contributed by atoms with Gasteiger partial charge in [0.15, 0.2) is 0 Å². The Kier molecular flexibility index (Phi) is 1.46. The summed E-state index contributed by atoms with van der Waals surface area (Å²) in [7, 11) is 2.24. The van der Waals surface area contributed by atoms with Crippen LogP contribution in [0.5, 0.6) is 0 Å². The number of nitrogens with two attached hydrogens (primary N) is 1. The number of hydrogen-bond acceptors (Lipinski definition) is 2. The van der Waals surface area contributed by atoms with Crippen LogP contribution in [0.3, 0.4) is 0 Å². The maximum atomic E-state index is 5.89. The van der Waals surface area contributed by atoms with E-state index in [1.165, 1.54) is 25.7 Å². The number of fused-ring (bicyclic) bond motifs is 2. The van der Waals surface area contributed by atoms with Gasteiger partial charge in [-0.25, -0.2) is 0 Å². The van der Waals surface area contributed by atoms with Gasteiger partial charge in [-0.3, -0.25) is 0 Å². The molecule has 2 aliphatic heterocycles. The minimum absolute atomic E-state index is 0.494. The zero-order chi connectivity index (χ0) is 7.14. The van der Waals surface area contributed by atoms with Gasteiger partial charge in [0, 0.05) is 18.1 Å². The van der Waals surface area contributed by atoms with E-state index < -0.39 is 0 Å². The maximum absolute atomic E-state index is 5.89. The number of rotatable bonds is 0. The molecule has 2 aliphatic rings. The van der Waals surface area contributed by atoms with E-state index in [4.69, 9.17) is 5.73 Å². The highest BCUT2D eigenvalue weighted by Gasteiger charge is 2.36. The van der Waals surface area contributed by atoms with Crippen molar-refractivity contribution in [3.8, 4) is 0 Å². The first-order valence-electron chi connectivity index (χ1n) is 4.25. The minimum Gasteiger partial charge on any atom is -0.328 e. The van der Waals surface area contributed by atoms with E-state index in [0.717, 1.165) is 12.1 Å². The van der Waals surface area contributed by atoms with E-state index >= 15 is 0 Å². The zero-order valence-corrected chi connectivity index (χ0v) is 6.59. The first-order valence-corrected chi connectivity index (χ1v) is 4.25. The summed E-state index contributed by atoms with van der Waals surface area (Å²) in [5, 5.41) is 0. The Morgan fingerprint density at radius 1 is 1.20 bits per heavy atom. The number of nitrogens with zero attached hydrogens (tertiary/aromatic N) is 1. The van der Waals surface area contributed by atoms with Crippen LogP contribution in [0, 0.1) is 0 Å². The van der Waals surface area contributed by atoms with E-state index in [0.29, 0.717) is 6.04 Å². The fourth-order valence-corrected chi connectivity index (χ4v) is 2.45. The first kappa shape index (κ1) is 6.62. The second-order valence-electron chi connectivity index (χ2n) is 3.78. The zero-order valence-electron chi connectivity index (χ0n) is 6.59. The van der Waals surface area contributed by atoms with Gasteiger partial charge in [0.25, 0.3) is 0 Å². The highest BCUT2D eigenvalue weighted by atomic mass is 15.2. The second kappa shape index (κ2) is 2.21. The highest BCUT2D eigenvalue weighted by molar-refractivity contribution is 4.94. The summed E-state index contributed by atoms with van der Waals surface area (Å²) in [5.41, 5.74) is 5.89. The molecule has 0 aromatic rings. The molecular weight excluding hydrogens is 124 g/mol. The van der Waals surface area contributed by atoms with Crippen LogP contribution < -0.4 is 5.73 Å². The fraction of sp³-hybridized carbons (Fsp3) is 1.00. The van der Waals surface area contributed by atoms with E-state index in [9.17, 15) is 0 Å². The van der Waals surface area contributed by atoms with Crippen molar-refractivity contribution in [1.29, 1.82) is 0 Å². The van der Waals surface area contributed by atoms with Crippen LogP contribution in [0.1, 0.15) is 25.7 Å². The molecule has 2 heterocycles. The van der Waals surface area contributed by atoms with Crippen LogP contribution in [-0.2, 0) is 0 Å². The van der Waals surface area contributed by atoms with Crippen LogP contribution in [-0.4, -0.2) is 30.1 Å². The number of piperidine rings is 1. The molecule has 1 unspecified atom stereocenters. The summed E-state index contributed by atoms with van der Waals surface area (Å²) in [6.45, 7) is 0. The lowest BCUT2D eigenvalue weighted by Gasteiger charge is -2.34. The average Bonchev–Trinajstić information content (AvgIpc) is 2.20. The van der Waals surface area contributed by atoms with E-state index in [-0.39, 0.29) is 0 Å². The first-order chi connectivity index (χ1) is 4.77. The summed E-state index contributed by atoms with van der Waals surface area (Å²) >= 11 is 0. The van der Waals surface area contributed by atoms with Crippen molar-refractivity contribution in [3.05, 3.63) is 0 Å². The summed E-state index contributed by atoms with van der Waals surface area (Å²) in [5.74, 6) is 0. The molecule has 2 bridgehead atoms. The van der Waals surface area contributed by atoms with Crippen molar-refractivity contribution >= 4 is 0 Å². The molecule has 2 saturated heterocycles. The molecule has 0 aromatic carbocycles. The Balaban J connectivity index is 2.09. The summed E-state index contributed by atoms with van der Waals surface area (Å²) in [6.07, 6.45) is 5.23. The Morgan fingerprint density at radius 3 is 2.20 bits per heavy atom. The Bertz CT molecular complexity index is 121. The summed E-state index contributed by atoms with van der Waals surface area (Å²) in [4.78, 5) is 2.52. The molecule has 2 N–H and O–H groups in total. The molecule has 3 atom stereocenters. The van der Waals surface area contributed by atoms with Gasteiger partial charge in [-0.05, 0) is 32.7 Å². The molecule has 10 heavy (non-hydrogen) atoms. The smallest absolute Gasteiger partial charge is 0.0110 e. The SMILES string of the molecule is CN1C2CC[C@H]1C[C@@H](N)C2. The topological polar surface area (TPSA) is 29.3 Å². The molecule has 0 aromatic heterocycles. The Labute approximate surface area is 62.4 Å². The van der Waals surface area contributed by atoms with Crippen LogP contribution in [0.25, 0.3) is 0 Å². The minimum atomic E-state index is 0.494. The third-order valence-corrected chi connectivity index (χ3v) is 3.13. The molecule has 0 aliphatic carbocycles. The molecule has 58 valence electrons. The molecule has 2 heteroatoms. The van der Waals surface area contributed by atoms with Crippen molar-refractivity contribution in [2.45, 2.75) is 43.8 Å². The van der Waals surface area contributed by atoms with Crippen LogP contribution >= 0.6 is 0 Å². The van der Waals surface area contributed by atoms with Crippen molar-refractivity contribution < 1.29 is 0 Å². The lowest BCUT2D eigenvalue weighted by Crippen LogP contribution is -2.45. The molecule has 2 nitrogen and oxygen atoms in total. The van der Waals surface area contributed by atoms with Crippen LogP contribution in [0.15, 0.2) is 0 Å². The predicted molar refractivity (Wildman–Crippen MR) is 41.8 cm³/mol. The molecule has 2 rings (SSSR count). The van der Waals surface area contributed by atoms with Gasteiger partial charge >= 0.3 is 0 Å². The van der Waals surface area contributed by atoms with Crippen LogP contribution in [0.2, 0.25) is 0 Å². The van der Waals surface area contributed by atoms with Gasteiger partial charge in [-0.15, -0.1) is 0 Å². The van der Waals surface area contributed by atoms with Gasteiger partial charge in [-0.2, -0.15) is 0 Å². The number of hydrogen-bond donors (Lipinski definition) is 1. The molecule has 2 fully saturated rings. The van der Waals surface area contributed by atoms with E-state index in [1.54, 1.807) is 0 Å². The molecule has 0 amide bonds. The molecular formula is C8H16N2. The van der Waals surface area contributed by atoms with E-state index in [2.05, 4.69) is 11.9 Å². The average molecular weight is 140 g/mol. The second-order valence-corrected chi connectivity index (χ2v) is 3.78. The monoisotopic (exact) mass is 140 g/mol. The summed E-state index contributed by atoms with van der Waals surface area (Å²) < 4.78 is 0. The van der Waals surface area contributed by atoms with Gasteiger partial charge in [0.05, 0.1) is 0 Å². The lowest BCUT2D eigenvalue weighted by molar-refractivity contribution is 0.163. The highest BCUT2D eigenvalue weighted by Crippen LogP contribution is 2.33. The largest absolute Gasteiger partial charge is 0.328 e. The summed E-state index contributed by atoms with van der Waals surface area (Å²) in [6, 6.07) is 2.12. The van der Waals surface area contributed by atoms with Crippen molar-refractivity contribution in [1.82, 2.24) is 4.90 Å². The van der Waals surface area contributed by atoms with E-state index in [1.807, 2.05) is 0 Å². The molecule has 0 saturated carbocycles. The van der Waals surface area contributed by atoms with Crippen molar-refractivity contribution in [2.24, 2.45) is 5.73 Å². The van der Waals surface area contributed by atoms with Gasteiger partial charge < -0.3 is 10.6 Å². The molecule has 0 radical (unpaired) electrons. The predicted octanol–water partition coefficient (Wildman–Crippen LogP) is 0.570.